The minimum absolute atomic E-state index is 0. The van der Waals surface area contributed by atoms with E-state index >= 15 is 0 Å². The van der Waals surface area contributed by atoms with Gasteiger partial charge in [-0.25, -0.2) is 9.97 Å². The Morgan fingerprint density at radius 1 is 1.23 bits per heavy atom. The molecule has 0 spiro atoms. The van der Waals surface area contributed by atoms with Crippen LogP contribution in [0.1, 0.15) is 32.0 Å². The fourth-order valence-corrected chi connectivity index (χ4v) is 3.54. The number of carbonyl (C=O) groups is 2. The summed E-state index contributed by atoms with van der Waals surface area (Å²) < 4.78 is 0.644. The SMILES string of the molecule is CN(Cc1ccccc1)C(=O)c1cnc(C(=O)c2cc(Br)cnc2N)s1.[HH]. The standard InChI is InChI=1S/C18H15BrN4O2S.H2/c1-23(10-11-5-3-2-4-6-11)18(25)14-9-22-17(26-14)15(24)13-7-12(19)8-21-16(13)20;/h2-9H,10H2,1H3,(H2,20,21);1H. The Kier molecular flexibility index (Phi) is 5.43. The van der Waals surface area contributed by atoms with E-state index in [9.17, 15) is 9.59 Å². The molecule has 0 aliphatic rings. The van der Waals surface area contributed by atoms with E-state index in [1.807, 2.05) is 30.3 Å². The van der Waals surface area contributed by atoms with Crippen molar-refractivity contribution in [2.75, 3.05) is 12.8 Å². The first-order valence-electron chi connectivity index (χ1n) is 7.66. The molecule has 0 aliphatic heterocycles. The predicted molar refractivity (Wildman–Crippen MR) is 106 cm³/mol. The molecule has 1 amide bonds. The zero-order valence-corrected chi connectivity index (χ0v) is 16.3. The van der Waals surface area contributed by atoms with Gasteiger partial charge < -0.3 is 10.6 Å². The van der Waals surface area contributed by atoms with Gasteiger partial charge in [-0.1, -0.05) is 30.3 Å². The highest BCUT2D eigenvalue weighted by molar-refractivity contribution is 9.10. The Hall–Kier alpha value is -2.58. The topological polar surface area (TPSA) is 89.2 Å². The molecule has 0 aliphatic carbocycles. The Morgan fingerprint density at radius 3 is 2.69 bits per heavy atom. The summed E-state index contributed by atoms with van der Waals surface area (Å²) in [5.41, 5.74) is 7.06. The summed E-state index contributed by atoms with van der Waals surface area (Å²) in [5, 5.41) is 0.202. The van der Waals surface area contributed by atoms with Crippen molar-refractivity contribution < 1.29 is 11.0 Å². The van der Waals surface area contributed by atoms with Crippen LogP contribution in [0.2, 0.25) is 0 Å². The molecule has 3 aromatic rings. The van der Waals surface area contributed by atoms with Crippen LogP contribution in [0, 0.1) is 0 Å². The average molecular weight is 433 g/mol. The first-order chi connectivity index (χ1) is 12.5. The van der Waals surface area contributed by atoms with Crippen LogP contribution < -0.4 is 5.73 Å². The van der Waals surface area contributed by atoms with Crippen molar-refractivity contribution in [2.45, 2.75) is 6.54 Å². The summed E-state index contributed by atoms with van der Waals surface area (Å²) in [6.45, 7) is 0.476. The first-order valence-corrected chi connectivity index (χ1v) is 9.27. The molecule has 1 aromatic carbocycles. The maximum atomic E-state index is 12.6. The second-order valence-electron chi connectivity index (χ2n) is 5.59. The average Bonchev–Trinajstić information content (AvgIpc) is 3.13. The van der Waals surface area contributed by atoms with Gasteiger partial charge in [-0.05, 0) is 27.6 Å². The normalized spacial score (nSPS) is 10.5. The van der Waals surface area contributed by atoms with Crippen molar-refractivity contribution in [3.63, 3.8) is 0 Å². The lowest BCUT2D eigenvalue weighted by Gasteiger charge is -2.15. The summed E-state index contributed by atoms with van der Waals surface area (Å²) in [6.07, 6.45) is 2.94. The van der Waals surface area contributed by atoms with Gasteiger partial charge in [-0.15, -0.1) is 11.3 Å². The molecule has 3 rings (SSSR count). The molecule has 0 atom stereocenters. The maximum Gasteiger partial charge on any atom is 0.265 e. The van der Waals surface area contributed by atoms with E-state index < -0.39 is 0 Å². The monoisotopic (exact) mass is 432 g/mol. The number of ketones is 1. The van der Waals surface area contributed by atoms with E-state index in [4.69, 9.17) is 5.73 Å². The van der Waals surface area contributed by atoms with Gasteiger partial charge in [0.1, 0.15) is 10.7 Å². The molecule has 2 heterocycles. The molecule has 134 valence electrons. The van der Waals surface area contributed by atoms with Crippen molar-refractivity contribution in [1.82, 2.24) is 14.9 Å². The van der Waals surface area contributed by atoms with E-state index in [2.05, 4.69) is 25.9 Å². The number of thiazole rings is 1. The lowest BCUT2D eigenvalue weighted by atomic mass is 10.2. The number of benzene rings is 1. The van der Waals surface area contributed by atoms with Crippen LogP contribution >= 0.6 is 27.3 Å². The second kappa shape index (κ2) is 7.76. The number of carbonyl (C=O) groups excluding carboxylic acids is 2. The number of rotatable bonds is 5. The van der Waals surface area contributed by atoms with Crippen molar-refractivity contribution >= 4 is 44.8 Å². The number of aromatic nitrogens is 2. The molecule has 8 heteroatoms. The van der Waals surface area contributed by atoms with Crippen LogP contribution in [-0.2, 0) is 6.54 Å². The number of halogens is 1. The smallest absolute Gasteiger partial charge is 0.265 e. The zero-order valence-electron chi connectivity index (χ0n) is 13.8. The van der Waals surface area contributed by atoms with Gasteiger partial charge in [0.15, 0.2) is 5.01 Å². The largest absolute Gasteiger partial charge is 0.383 e. The summed E-state index contributed by atoms with van der Waals surface area (Å²) in [6, 6.07) is 11.3. The molecule has 2 aromatic heterocycles. The van der Waals surface area contributed by atoms with Crippen LogP contribution in [0.25, 0.3) is 0 Å². The van der Waals surface area contributed by atoms with E-state index in [0.29, 0.717) is 15.9 Å². The molecule has 0 bridgehead atoms. The quantitative estimate of drug-likeness (QED) is 0.621. The second-order valence-corrected chi connectivity index (χ2v) is 7.54. The lowest BCUT2D eigenvalue weighted by Crippen LogP contribution is -2.25. The number of nitrogens with two attached hydrogens (primary N) is 1. The molecule has 0 radical (unpaired) electrons. The third-order valence-electron chi connectivity index (χ3n) is 3.65. The molecule has 0 unspecified atom stereocenters. The molecule has 0 saturated carbocycles. The maximum absolute atomic E-state index is 12.6. The fraction of sp³-hybridized carbons (Fsp3) is 0.111. The van der Waals surface area contributed by atoms with Gasteiger partial charge in [-0.2, -0.15) is 0 Å². The third-order valence-corrected chi connectivity index (χ3v) is 5.07. The van der Waals surface area contributed by atoms with Crippen LogP contribution in [-0.4, -0.2) is 33.6 Å². The van der Waals surface area contributed by atoms with Crippen molar-refractivity contribution in [3.8, 4) is 0 Å². The summed E-state index contributed by atoms with van der Waals surface area (Å²) in [7, 11) is 1.72. The first kappa shape index (κ1) is 18.2. The van der Waals surface area contributed by atoms with E-state index in [1.165, 1.54) is 12.4 Å². The number of hydrogen-bond donors (Lipinski definition) is 1. The fourth-order valence-electron chi connectivity index (χ4n) is 2.34. The summed E-state index contributed by atoms with van der Waals surface area (Å²) in [5.74, 6) is -0.417. The molecule has 0 saturated heterocycles. The van der Waals surface area contributed by atoms with E-state index in [0.717, 1.165) is 16.9 Å². The molecule has 6 nitrogen and oxygen atoms in total. The lowest BCUT2D eigenvalue weighted by molar-refractivity contribution is 0.0789. The molecule has 26 heavy (non-hydrogen) atoms. The molecule has 0 fully saturated rings. The Bertz CT molecular complexity index is 965. The molecular weight excluding hydrogens is 416 g/mol. The number of anilines is 1. The highest BCUT2D eigenvalue weighted by Gasteiger charge is 2.21. The van der Waals surface area contributed by atoms with Gasteiger partial charge in [0.2, 0.25) is 5.78 Å². The van der Waals surface area contributed by atoms with Crippen LogP contribution in [0.5, 0.6) is 0 Å². The predicted octanol–water partition coefficient (Wildman–Crippen LogP) is 3.63. The van der Waals surface area contributed by atoms with Crippen molar-refractivity contribution in [1.29, 1.82) is 0 Å². The van der Waals surface area contributed by atoms with Gasteiger partial charge in [0.25, 0.3) is 5.91 Å². The Labute approximate surface area is 164 Å². The van der Waals surface area contributed by atoms with Crippen LogP contribution in [0.3, 0.4) is 0 Å². The van der Waals surface area contributed by atoms with Crippen LogP contribution in [0.15, 0.2) is 53.3 Å². The Balaban J connectivity index is 0.00000261. The van der Waals surface area contributed by atoms with Crippen molar-refractivity contribution in [3.05, 3.63) is 74.3 Å². The van der Waals surface area contributed by atoms with Gasteiger partial charge in [0, 0.05) is 25.7 Å². The van der Waals surface area contributed by atoms with E-state index in [1.54, 1.807) is 18.0 Å². The number of nitrogens with zero attached hydrogens (tertiary/aromatic N) is 3. The summed E-state index contributed by atoms with van der Waals surface area (Å²) >= 11 is 4.31. The number of pyridine rings is 1. The van der Waals surface area contributed by atoms with E-state index in [-0.39, 0.29) is 29.5 Å². The Morgan fingerprint density at radius 2 is 1.96 bits per heavy atom. The minimum Gasteiger partial charge on any atom is -0.383 e. The third kappa shape index (κ3) is 3.97. The highest BCUT2D eigenvalue weighted by Crippen LogP contribution is 2.23. The molecular formula is C18H17BrN4O2S. The van der Waals surface area contributed by atoms with Crippen LogP contribution in [0.4, 0.5) is 5.82 Å². The number of hydrogen-bond acceptors (Lipinski definition) is 6. The van der Waals surface area contributed by atoms with Crippen molar-refractivity contribution in [2.24, 2.45) is 0 Å². The van der Waals surface area contributed by atoms with Gasteiger partial charge >= 0.3 is 0 Å². The summed E-state index contributed by atoms with van der Waals surface area (Å²) in [4.78, 5) is 35.2. The number of amides is 1. The molecule has 2 N–H and O–H groups in total. The zero-order chi connectivity index (χ0) is 18.7. The minimum atomic E-state index is -0.355. The van der Waals surface area contributed by atoms with Gasteiger partial charge in [-0.3, -0.25) is 9.59 Å². The number of nitrogen functional groups attached to an aromatic ring is 1. The van der Waals surface area contributed by atoms with Gasteiger partial charge in [0.05, 0.1) is 11.8 Å². The highest BCUT2D eigenvalue weighted by atomic mass is 79.9.